The van der Waals surface area contributed by atoms with Crippen LogP contribution < -0.4 is 5.73 Å². The molecule has 0 aromatic rings. The molecule has 5 nitrogen and oxygen atoms in total. The standard InChI is InChI=1S/C12H24N2O3/c1-3-4-5-11(13)12(16)14-6-9(2)17-10(7-14)8-15/h9-11,15H,3-8,13H2,1-2H3/t9?,10?,11-/m0/s1. The molecule has 17 heavy (non-hydrogen) atoms. The van der Waals surface area contributed by atoms with Crippen molar-refractivity contribution in [3.63, 3.8) is 0 Å². The number of amides is 1. The Labute approximate surface area is 103 Å². The fourth-order valence-electron chi connectivity index (χ4n) is 2.11. The SMILES string of the molecule is CCCC[C@H](N)C(=O)N1CC(C)OC(CO)C1. The van der Waals surface area contributed by atoms with E-state index < -0.39 is 6.04 Å². The van der Waals surface area contributed by atoms with Crippen LogP contribution in [0, 0.1) is 0 Å². The molecule has 2 unspecified atom stereocenters. The third-order valence-corrected chi connectivity index (χ3v) is 3.03. The van der Waals surface area contributed by atoms with Gasteiger partial charge in [-0.1, -0.05) is 19.8 Å². The Morgan fingerprint density at radius 2 is 2.29 bits per heavy atom. The van der Waals surface area contributed by atoms with Gasteiger partial charge in [-0.3, -0.25) is 4.79 Å². The number of morpholine rings is 1. The lowest BCUT2D eigenvalue weighted by molar-refractivity contribution is -0.148. The normalized spacial score (nSPS) is 26.9. The Hall–Kier alpha value is -0.650. The van der Waals surface area contributed by atoms with E-state index >= 15 is 0 Å². The lowest BCUT2D eigenvalue weighted by Crippen LogP contribution is -2.54. The van der Waals surface area contributed by atoms with E-state index in [1.165, 1.54) is 0 Å². The molecular weight excluding hydrogens is 220 g/mol. The smallest absolute Gasteiger partial charge is 0.239 e. The van der Waals surface area contributed by atoms with Crippen LogP contribution in [0.25, 0.3) is 0 Å². The highest BCUT2D eigenvalue weighted by Gasteiger charge is 2.30. The number of hydrogen-bond donors (Lipinski definition) is 2. The predicted octanol–water partition coefficient (Wildman–Crippen LogP) is 0.112. The minimum absolute atomic E-state index is 0.0212. The zero-order chi connectivity index (χ0) is 12.8. The lowest BCUT2D eigenvalue weighted by Gasteiger charge is -2.37. The highest BCUT2D eigenvalue weighted by atomic mass is 16.5. The summed E-state index contributed by atoms with van der Waals surface area (Å²) in [6.45, 7) is 4.93. The quantitative estimate of drug-likeness (QED) is 0.720. The molecule has 1 aliphatic heterocycles. The van der Waals surface area contributed by atoms with Crippen LogP contribution in [-0.4, -0.2) is 53.9 Å². The maximum atomic E-state index is 12.1. The van der Waals surface area contributed by atoms with Gasteiger partial charge in [-0.2, -0.15) is 0 Å². The van der Waals surface area contributed by atoms with Crippen LogP contribution in [0.5, 0.6) is 0 Å². The molecule has 3 N–H and O–H groups in total. The first kappa shape index (κ1) is 14.4. The molecule has 0 saturated carbocycles. The summed E-state index contributed by atoms with van der Waals surface area (Å²) in [6, 6.07) is -0.417. The number of aliphatic hydroxyl groups is 1. The van der Waals surface area contributed by atoms with Crippen LogP contribution in [0.1, 0.15) is 33.1 Å². The largest absolute Gasteiger partial charge is 0.394 e. The molecule has 1 fully saturated rings. The summed E-state index contributed by atoms with van der Waals surface area (Å²) in [4.78, 5) is 13.8. The van der Waals surface area contributed by atoms with Crippen molar-refractivity contribution in [2.75, 3.05) is 19.7 Å². The second kappa shape index (κ2) is 6.93. The summed E-state index contributed by atoms with van der Waals surface area (Å²) in [5.41, 5.74) is 5.87. The van der Waals surface area contributed by atoms with Gasteiger partial charge in [0.25, 0.3) is 0 Å². The van der Waals surface area contributed by atoms with Crippen molar-refractivity contribution in [2.45, 2.75) is 51.4 Å². The van der Waals surface area contributed by atoms with E-state index in [2.05, 4.69) is 6.92 Å². The van der Waals surface area contributed by atoms with Crippen molar-refractivity contribution in [1.82, 2.24) is 4.90 Å². The summed E-state index contributed by atoms with van der Waals surface area (Å²) in [7, 11) is 0. The minimum Gasteiger partial charge on any atom is -0.394 e. The number of aliphatic hydroxyl groups excluding tert-OH is 1. The molecule has 1 aliphatic rings. The van der Waals surface area contributed by atoms with Gasteiger partial charge in [0, 0.05) is 13.1 Å². The van der Waals surface area contributed by atoms with Gasteiger partial charge in [0.1, 0.15) is 0 Å². The molecule has 100 valence electrons. The topological polar surface area (TPSA) is 75.8 Å². The van der Waals surface area contributed by atoms with Gasteiger partial charge in [0.2, 0.25) is 5.91 Å². The molecule has 0 bridgehead atoms. The van der Waals surface area contributed by atoms with Crippen molar-refractivity contribution < 1.29 is 14.6 Å². The molecule has 1 rings (SSSR count). The van der Waals surface area contributed by atoms with E-state index in [-0.39, 0.29) is 24.7 Å². The van der Waals surface area contributed by atoms with Crippen molar-refractivity contribution >= 4 is 5.91 Å². The maximum Gasteiger partial charge on any atom is 0.239 e. The van der Waals surface area contributed by atoms with Gasteiger partial charge < -0.3 is 20.5 Å². The van der Waals surface area contributed by atoms with E-state index in [1.54, 1.807) is 4.90 Å². The third kappa shape index (κ3) is 4.26. The van der Waals surface area contributed by atoms with Crippen molar-refractivity contribution in [3.05, 3.63) is 0 Å². The van der Waals surface area contributed by atoms with Crippen LogP contribution in [0.3, 0.4) is 0 Å². The van der Waals surface area contributed by atoms with Gasteiger partial charge in [-0.25, -0.2) is 0 Å². The molecule has 1 amide bonds. The van der Waals surface area contributed by atoms with Crippen LogP contribution in [0.15, 0.2) is 0 Å². The first-order valence-electron chi connectivity index (χ1n) is 6.39. The Morgan fingerprint density at radius 1 is 1.59 bits per heavy atom. The Balaban J connectivity index is 2.49. The number of carbonyl (C=O) groups excluding carboxylic acids is 1. The first-order valence-corrected chi connectivity index (χ1v) is 6.39. The number of hydrogen-bond acceptors (Lipinski definition) is 4. The summed E-state index contributed by atoms with van der Waals surface area (Å²) in [6.07, 6.45) is 2.42. The van der Waals surface area contributed by atoms with Gasteiger partial charge in [-0.05, 0) is 13.3 Å². The number of unbranched alkanes of at least 4 members (excludes halogenated alkanes) is 1. The zero-order valence-corrected chi connectivity index (χ0v) is 10.8. The highest BCUT2D eigenvalue weighted by Crippen LogP contribution is 2.13. The Bertz CT molecular complexity index is 248. The highest BCUT2D eigenvalue weighted by molar-refractivity contribution is 5.81. The number of carbonyl (C=O) groups is 1. The molecule has 3 atom stereocenters. The van der Waals surface area contributed by atoms with Crippen LogP contribution in [0.4, 0.5) is 0 Å². The average molecular weight is 244 g/mol. The van der Waals surface area contributed by atoms with Crippen molar-refractivity contribution in [1.29, 1.82) is 0 Å². The molecule has 0 aromatic carbocycles. The van der Waals surface area contributed by atoms with Gasteiger partial charge in [-0.15, -0.1) is 0 Å². The second-order valence-corrected chi connectivity index (χ2v) is 4.74. The number of rotatable bonds is 5. The molecule has 1 saturated heterocycles. The van der Waals surface area contributed by atoms with Crippen molar-refractivity contribution in [2.24, 2.45) is 5.73 Å². The van der Waals surface area contributed by atoms with E-state index in [9.17, 15) is 4.79 Å². The maximum absolute atomic E-state index is 12.1. The van der Waals surface area contributed by atoms with Crippen LogP contribution in [-0.2, 0) is 9.53 Å². The van der Waals surface area contributed by atoms with Gasteiger partial charge >= 0.3 is 0 Å². The zero-order valence-electron chi connectivity index (χ0n) is 10.8. The summed E-state index contributed by atoms with van der Waals surface area (Å²) in [5.74, 6) is -0.0212. The average Bonchev–Trinajstić information content (AvgIpc) is 2.34. The summed E-state index contributed by atoms with van der Waals surface area (Å²) >= 11 is 0. The number of nitrogens with zero attached hydrogens (tertiary/aromatic N) is 1. The van der Waals surface area contributed by atoms with Crippen LogP contribution >= 0.6 is 0 Å². The summed E-state index contributed by atoms with van der Waals surface area (Å²) in [5, 5.41) is 9.09. The monoisotopic (exact) mass is 244 g/mol. The molecule has 0 spiro atoms. The van der Waals surface area contributed by atoms with Crippen molar-refractivity contribution in [3.8, 4) is 0 Å². The molecule has 0 aromatic heterocycles. The third-order valence-electron chi connectivity index (χ3n) is 3.03. The van der Waals surface area contributed by atoms with Gasteiger partial charge in [0.15, 0.2) is 0 Å². The Kier molecular flexibility index (Phi) is 5.88. The van der Waals surface area contributed by atoms with E-state index in [1.807, 2.05) is 6.92 Å². The molecule has 0 aliphatic carbocycles. The fraction of sp³-hybridized carbons (Fsp3) is 0.917. The summed E-state index contributed by atoms with van der Waals surface area (Å²) < 4.78 is 5.49. The number of nitrogens with two attached hydrogens (primary N) is 1. The fourth-order valence-corrected chi connectivity index (χ4v) is 2.11. The van der Waals surface area contributed by atoms with Gasteiger partial charge in [0.05, 0.1) is 24.9 Å². The molecule has 5 heteroatoms. The second-order valence-electron chi connectivity index (χ2n) is 4.74. The van der Waals surface area contributed by atoms with E-state index in [4.69, 9.17) is 15.6 Å². The van der Waals surface area contributed by atoms with E-state index in [0.29, 0.717) is 13.1 Å². The number of ether oxygens (including phenoxy) is 1. The first-order chi connectivity index (χ1) is 8.08. The van der Waals surface area contributed by atoms with E-state index in [0.717, 1.165) is 19.3 Å². The molecule has 0 radical (unpaired) electrons. The minimum atomic E-state index is -0.417. The van der Waals surface area contributed by atoms with Crippen LogP contribution in [0.2, 0.25) is 0 Å². The predicted molar refractivity (Wildman–Crippen MR) is 65.5 cm³/mol. The molecular formula is C12H24N2O3. The molecule has 1 heterocycles. The Morgan fingerprint density at radius 3 is 2.88 bits per heavy atom. The lowest BCUT2D eigenvalue weighted by atomic mass is 10.1.